The Labute approximate surface area is 250 Å². The molecule has 0 spiro atoms. The monoisotopic (exact) mass is 628 g/mol. The molecule has 0 bridgehead atoms. The SMILES string of the molecule is CC1=C2[C-]=C(C(C)C)C=C2SC1C.C[Si](C)=[Zr+2].Cc1cc2c(-c3ccccc3)ccc(C)c2[cH-]1.[Cl-].[Cl-]. The standard InChI is InChI=1S/C17H15.C12H15S.C2H6Si.2ClH.Zr/c1-12-10-16-13(2)8-9-15(17(16)11-12)14-6-4-3-5-7-14;1-7(2)10-5-11-8(3)9(4)13-12(11)6-10;1-3-2;;;/h3-11H,1-2H3;6-7,9H,1-4H3;1-2H3;2*1H;/q2*-1;;;;+2/p-2. The second-order valence-electron chi connectivity index (χ2n) is 9.72. The van der Waals surface area contributed by atoms with Gasteiger partial charge in [0.05, 0.1) is 0 Å². The second kappa shape index (κ2) is 15.0. The van der Waals surface area contributed by atoms with E-state index < -0.39 is 0 Å². The topological polar surface area (TPSA) is 0 Å². The molecule has 2 aliphatic rings. The van der Waals surface area contributed by atoms with Crippen LogP contribution < -0.4 is 24.8 Å². The first-order chi connectivity index (χ1) is 16.1. The molecule has 1 heterocycles. The van der Waals surface area contributed by atoms with Gasteiger partial charge in [-0.15, -0.1) is 61.7 Å². The number of allylic oxidation sites excluding steroid dienone is 4. The molecule has 0 saturated heterocycles. The summed E-state index contributed by atoms with van der Waals surface area (Å²) in [6.07, 6.45) is 5.82. The zero-order valence-corrected chi connectivity index (χ0v) is 28.4. The van der Waals surface area contributed by atoms with Crippen LogP contribution >= 0.6 is 11.8 Å². The average Bonchev–Trinajstić information content (AvgIpc) is 3.44. The van der Waals surface area contributed by atoms with Crippen LogP contribution in [-0.4, -0.2) is 10.7 Å². The van der Waals surface area contributed by atoms with Gasteiger partial charge in [-0.3, -0.25) is 0 Å². The van der Waals surface area contributed by atoms with Crippen LogP contribution in [0.25, 0.3) is 21.9 Å². The molecule has 0 N–H and O–H groups in total. The molecular formula is C31H36Cl2SSiZr-2. The summed E-state index contributed by atoms with van der Waals surface area (Å²) in [4.78, 5) is 1.44. The van der Waals surface area contributed by atoms with Gasteiger partial charge in [-0.1, -0.05) is 83.5 Å². The number of hydrogen-bond acceptors (Lipinski definition) is 1. The number of halogens is 2. The van der Waals surface area contributed by atoms with Crippen LogP contribution in [0.5, 0.6) is 0 Å². The summed E-state index contributed by atoms with van der Waals surface area (Å²) in [5.41, 5.74) is 9.76. The zero-order chi connectivity index (χ0) is 25.0. The Morgan fingerprint density at radius 3 is 2.17 bits per heavy atom. The molecular weight excluding hydrogens is 595 g/mol. The average molecular weight is 631 g/mol. The first-order valence-corrected chi connectivity index (χ1v) is 19.1. The van der Waals surface area contributed by atoms with Crippen molar-refractivity contribution in [3.8, 4) is 11.1 Å². The normalized spacial score (nSPS) is 15.6. The minimum Gasteiger partial charge on any atom is -1.00 e. The second-order valence-corrected chi connectivity index (χ2v) is 20.5. The maximum absolute atomic E-state index is 3.52. The van der Waals surface area contributed by atoms with Crippen LogP contribution in [0.3, 0.4) is 0 Å². The van der Waals surface area contributed by atoms with E-state index in [0.29, 0.717) is 11.2 Å². The van der Waals surface area contributed by atoms with Gasteiger partial charge in [-0.25, -0.2) is 0 Å². The van der Waals surface area contributed by atoms with E-state index in [1.165, 1.54) is 54.7 Å². The van der Waals surface area contributed by atoms with Crippen LogP contribution in [0.1, 0.15) is 38.8 Å². The maximum atomic E-state index is 3.52. The van der Waals surface area contributed by atoms with E-state index in [9.17, 15) is 0 Å². The Hall–Kier alpha value is -0.700. The Kier molecular flexibility index (Phi) is 13.9. The maximum Gasteiger partial charge on any atom is -0.0279 e. The van der Waals surface area contributed by atoms with Crippen molar-refractivity contribution < 1.29 is 48.1 Å². The number of hydrogen-bond donors (Lipinski definition) is 0. The molecule has 1 aliphatic carbocycles. The summed E-state index contributed by atoms with van der Waals surface area (Å²) in [5, 5.41) is 3.40. The van der Waals surface area contributed by atoms with E-state index in [4.69, 9.17) is 0 Å². The Balaban J connectivity index is 0.000000306. The summed E-state index contributed by atoms with van der Waals surface area (Å²) >= 11 is 3.71. The molecule has 3 aromatic carbocycles. The Morgan fingerprint density at radius 1 is 1.00 bits per heavy atom. The summed E-state index contributed by atoms with van der Waals surface area (Å²) in [5.74, 6) is 0.606. The third-order valence-electron chi connectivity index (χ3n) is 6.07. The molecule has 0 amide bonds. The van der Waals surface area contributed by atoms with Gasteiger partial charge >= 0.3 is 41.9 Å². The summed E-state index contributed by atoms with van der Waals surface area (Å²) in [7, 11) is 0. The van der Waals surface area contributed by atoms with E-state index in [-0.39, 0.29) is 30.2 Å². The van der Waals surface area contributed by atoms with Gasteiger partial charge in [-0.05, 0) is 16.7 Å². The van der Waals surface area contributed by atoms with E-state index >= 15 is 0 Å². The van der Waals surface area contributed by atoms with Gasteiger partial charge < -0.3 is 24.8 Å². The molecule has 5 heteroatoms. The Bertz CT molecular complexity index is 1280. The van der Waals surface area contributed by atoms with Crippen molar-refractivity contribution in [1.29, 1.82) is 0 Å². The van der Waals surface area contributed by atoms with Crippen molar-refractivity contribution in [2.24, 2.45) is 5.92 Å². The zero-order valence-electron chi connectivity index (χ0n) is 22.6. The van der Waals surface area contributed by atoms with Gasteiger partial charge in [0.25, 0.3) is 0 Å². The minimum atomic E-state index is 0. The van der Waals surface area contributed by atoms with Crippen molar-refractivity contribution in [2.45, 2.75) is 59.9 Å². The number of fused-ring (bicyclic) bond motifs is 2. The van der Waals surface area contributed by atoms with Crippen LogP contribution in [0.4, 0.5) is 0 Å². The van der Waals surface area contributed by atoms with Crippen molar-refractivity contribution in [3.05, 3.63) is 99.5 Å². The molecule has 1 aliphatic heterocycles. The van der Waals surface area contributed by atoms with Crippen LogP contribution in [0.2, 0.25) is 13.1 Å². The fraction of sp³-hybridized carbons (Fsp3) is 0.323. The summed E-state index contributed by atoms with van der Waals surface area (Å²) in [6, 6.07) is 19.6. The number of rotatable bonds is 2. The van der Waals surface area contributed by atoms with Gasteiger partial charge in [0.15, 0.2) is 0 Å². The third kappa shape index (κ3) is 8.40. The van der Waals surface area contributed by atoms with Gasteiger partial charge in [0, 0.05) is 0 Å². The number of thioether (sulfide) groups is 1. The van der Waals surface area contributed by atoms with Gasteiger partial charge in [-0.2, -0.15) is 23.9 Å². The molecule has 0 fully saturated rings. The quantitative estimate of drug-likeness (QED) is 0.309. The minimum absolute atomic E-state index is 0. The van der Waals surface area contributed by atoms with E-state index in [1.54, 1.807) is 23.3 Å². The molecule has 190 valence electrons. The van der Waals surface area contributed by atoms with Crippen LogP contribution in [-0.2, 0) is 23.3 Å². The summed E-state index contributed by atoms with van der Waals surface area (Å²) in [6.45, 7) is 17.9. The largest absolute Gasteiger partial charge is 1.00 e. The van der Waals surface area contributed by atoms with E-state index in [0.717, 1.165) is 0 Å². The molecule has 1 atom stereocenters. The molecule has 0 aromatic heterocycles. The van der Waals surface area contributed by atoms with Crippen molar-refractivity contribution >= 4 is 28.0 Å². The predicted octanol–water partition coefficient (Wildman–Crippen LogP) is 3.36. The smallest absolute Gasteiger partial charge is 0.0279 e. The molecule has 0 saturated carbocycles. The van der Waals surface area contributed by atoms with Crippen molar-refractivity contribution in [1.82, 2.24) is 0 Å². The van der Waals surface area contributed by atoms with Crippen molar-refractivity contribution in [2.75, 3.05) is 0 Å². The molecule has 5 rings (SSSR count). The third-order valence-corrected chi connectivity index (χ3v) is 7.35. The first kappa shape index (κ1) is 33.3. The molecule has 36 heavy (non-hydrogen) atoms. The molecule has 3 aromatic rings. The fourth-order valence-electron chi connectivity index (χ4n) is 4.09. The van der Waals surface area contributed by atoms with E-state index in [2.05, 4.69) is 121 Å². The number of aryl methyl sites for hydroxylation is 2. The predicted molar refractivity (Wildman–Crippen MR) is 151 cm³/mol. The fourth-order valence-corrected chi connectivity index (χ4v) is 5.29. The first-order valence-electron chi connectivity index (χ1n) is 12.1. The van der Waals surface area contributed by atoms with Crippen LogP contribution in [0, 0.1) is 25.8 Å². The summed E-state index contributed by atoms with van der Waals surface area (Å²) < 4.78 is 0. The Morgan fingerprint density at radius 2 is 1.61 bits per heavy atom. The van der Waals surface area contributed by atoms with Gasteiger partial charge in [0.1, 0.15) is 0 Å². The molecule has 1 unspecified atom stereocenters. The molecule has 0 nitrogen and oxygen atoms in total. The van der Waals surface area contributed by atoms with E-state index in [1.807, 2.05) is 11.8 Å². The van der Waals surface area contributed by atoms with Crippen molar-refractivity contribution in [3.63, 3.8) is 0 Å². The van der Waals surface area contributed by atoms with Crippen LogP contribution in [0.15, 0.2) is 82.3 Å². The van der Waals surface area contributed by atoms with Gasteiger partial charge in [0.2, 0.25) is 0 Å². The molecule has 0 radical (unpaired) electrons. The number of benzene rings is 2.